The first-order valence-corrected chi connectivity index (χ1v) is 6.08. The van der Waals surface area contributed by atoms with Crippen molar-refractivity contribution in [3.8, 4) is 17.2 Å². The van der Waals surface area contributed by atoms with Gasteiger partial charge in [-0.2, -0.15) is 5.26 Å². The Bertz CT molecular complexity index is 776. The van der Waals surface area contributed by atoms with Crippen LogP contribution in [0.4, 0.5) is 0 Å². The van der Waals surface area contributed by atoms with E-state index in [1.807, 2.05) is 30.3 Å². The molecule has 4 nitrogen and oxygen atoms in total. The first-order chi connectivity index (χ1) is 10.2. The fraction of sp³-hybridized carbons (Fsp3) is 0. The molecule has 4 heteroatoms. The molecule has 2 aromatic rings. The summed E-state index contributed by atoms with van der Waals surface area (Å²) in [6.45, 7) is 6.89. The van der Waals surface area contributed by atoms with Crippen LogP contribution in [0.15, 0.2) is 60.3 Å². The summed E-state index contributed by atoms with van der Waals surface area (Å²) in [5.41, 5.74) is 1.71. The topological polar surface area (TPSA) is 65.4 Å². The predicted molar refractivity (Wildman–Crippen MR) is 78.6 cm³/mol. The summed E-state index contributed by atoms with van der Waals surface area (Å²) in [7, 11) is 0. The van der Waals surface area contributed by atoms with Crippen LogP contribution in [0.1, 0.15) is 5.56 Å². The van der Waals surface area contributed by atoms with Crippen LogP contribution in [-0.4, -0.2) is 11.1 Å². The predicted octanol–water partition coefficient (Wildman–Crippen LogP) is 3.59. The van der Waals surface area contributed by atoms with Gasteiger partial charge in [0.1, 0.15) is 0 Å². The highest BCUT2D eigenvalue weighted by molar-refractivity contribution is 6.01. The number of carboxylic acids is 1. The van der Waals surface area contributed by atoms with Gasteiger partial charge in [0.2, 0.25) is 0 Å². The number of aliphatic carboxylic acids is 1. The van der Waals surface area contributed by atoms with E-state index in [-0.39, 0.29) is 5.57 Å². The molecule has 0 aromatic heterocycles. The minimum Gasteiger partial charge on any atom is -0.486 e. The third-order valence-electron chi connectivity index (χ3n) is 2.94. The van der Waals surface area contributed by atoms with E-state index in [4.69, 9.17) is 16.9 Å². The molecule has 0 saturated carbocycles. The first-order valence-electron chi connectivity index (χ1n) is 6.08. The minimum atomic E-state index is -1.39. The van der Waals surface area contributed by atoms with E-state index in [0.717, 1.165) is 11.1 Å². The molecule has 2 rings (SSSR count). The second kappa shape index (κ2) is 6.18. The molecule has 0 unspecified atom stereocenters. The highest BCUT2D eigenvalue weighted by Gasteiger charge is 2.16. The van der Waals surface area contributed by atoms with Gasteiger partial charge in [0.15, 0.2) is 0 Å². The largest absolute Gasteiger partial charge is 0.486 e. The standard InChI is InChI=1S/C17H10N2O2/c1-19-16(17(20)21)15(11-18)14-9-7-13(8-10-14)12-5-3-2-4-6-12/h2-10H,(H,20,21)/b16-15-. The Balaban J connectivity index is 2.46. The number of carboxylic acid groups (broad SMARTS) is 1. The van der Waals surface area contributed by atoms with E-state index in [2.05, 4.69) is 4.85 Å². The number of nitriles is 1. The molecular weight excluding hydrogens is 264 g/mol. The van der Waals surface area contributed by atoms with E-state index < -0.39 is 11.7 Å². The number of allylic oxidation sites excluding steroid dienone is 1. The molecular formula is C17H10N2O2. The SMILES string of the molecule is [C-]#[N+]/C(C(=O)O)=C(/C#N)c1ccc(-c2ccccc2)cc1. The molecule has 0 bridgehead atoms. The van der Waals surface area contributed by atoms with Crippen molar-refractivity contribution in [3.05, 3.63) is 77.3 Å². The average molecular weight is 274 g/mol. The number of rotatable bonds is 3. The number of benzene rings is 2. The van der Waals surface area contributed by atoms with Crippen LogP contribution >= 0.6 is 0 Å². The van der Waals surface area contributed by atoms with Gasteiger partial charge in [0, 0.05) is 0 Å². The zero-order valence-electron chi connectivity index (χ0n) is 10.9. The molecule has 100 valence electrons. The van der Waals surface area contributed by atoms with E-state index in [1.165, 1.54) is 0 Å². The van der Waals surface area contributed by atoms with Gasteiger partial charge in [0.25, 0.3) is 5.70 Å². The molecule has 0 heterocycles. The van der Waals surface area contributed by atoms with Crippen LogP contribution in [0, 0.1) is 17.9 Å². The molecule has 0 aliphatic rings. The molecule has 0 spiro atoms. The van der Waals surface area contributed by atoms with Crippen molar-refractivity contribution < 1.29 is 9.90 Å². The maximum absolute atomic E-state index is 11.0. The smallest absolute Gasteiger partial charge is 0.335 e. The zero-order valence-corrected chi connectivity index (χ0v) is 10.9. The molecule has 2 aromatic carbocycles. The molecule has 0 fully saturated rings. The molecule has 0 radical (unpaired) electrons. The number of hydrogen-bond acceptors (Lipinski definition) is 2. The second-order valence-corrected chi connectivity index (χ2v) is 4.20. The Morgan fingerprint density at radius 2 is 1.62 bits per heavy atom. The Kier molecular flexibility index (Phi) is 4.14. The summed E-state index contributed by atoms with van der Waals surface area (Å²) < 4.78 is 0. The van der Waals surface area contributed by atoms with Gasteiger partial charge in [-0.05, 0) is 16.7 Å². The maximum atomic E-state index is 11.0. The summed E-state index contributed by atoms with van der Waals surface area (Å²) in [6, 6.07) is 18.4. The zero-order chi connectivity index (χ0) is 15.2. The van der Waals surface area contributed by atoms with Crippen LogP contribution in [-0.2, 0) is 4.79 Å². The summed E-state index contributed by atoms with van der Waals surface area (Å²) in [4.78, 5) is 13.9. The monoisotopic (exact) mass is 274 g/mol. The highest BCUT2D eigenvalue weighted by Crippen LogP contribution is 2.24. The van der Waals surface area contributed by atoms with Gasteiger partial charge in [0.05, 0.1) is 18.2 Å². The molecule has 0 aliphatic carbocycles. The minimum absolute atomic E-state index is 0.128. The van der Waals surface area contributed by atoms with Crippen LogP contribution in [0.3, 0.4) is 0 Å². The fourth-order valence-electron chi connectivity index (χ4n) is 1.92. The van der Waals surface area contributed by atoms with Gasteiger partial charge in [-0.15, -0.1) is 0 Å². The van der Waals surface area contributed by atoms with E-state index >= 15 is 0 Å². The van der Waals surface area contributed by atoms with E-state index in [1.54, 1.807) is 30.3 Å². The second-order valence-electron chi connectivity index (χ2n) is 4.20. The number of hydrogen-bond donors (Lipinski definition) is 1. The quantitative estimate of drug-likeness (QED) is 0.528. The molecule has 0 atom stereocenters. The highest BCUT2D eigenvalue weighted by atomic mass is 16.4. The van der Waals surface area contributed by atoms with Gasteiger partial charge in [-0.25, -0.2) is 4.85 Å². The Hall–Kier alpha value is -3.37. The summed E-state index contributed by atoms with van der Waals surface area (Å²) in [5, 5.41) is 18.0. The van der Waals surface area contributed by atoms with Crippen LogP contribution < -0.4 is 0 Å². The molecule has 0 saturated heterocycles. The molecule has 0 amide bonds. The lowest BCUT2D eigenvalue weighted by atomic mass is 10.00. The third kappa shape index (κ3) is 2.97. The van der Waals surface area contributed by atoms with Gasteiger partial charge >= 0.3 is 5.97 Å². The lowest BCUT2D eigenvalue weighted by molar-refractivity contribution is -0.132. The third-order valence-corrected chi connectivity index (χ3v) is 2.94. The maximum Gasteiger partial charge on any atom is 0.335 e. The van der Waals surface area contributed by atoms with Crippen molar-refractivity contribution in [2.45, 2.75) is 0 Å². The van der Waals surface area contributed by atoms with Gasteiger partial charge in [-0.1, -0.05) is 54.6 Å². The van der Waals surface area contributed by atoms with Crippen molar-refractivity contribution in [2.75, 3.05) is 0 Å². The summed E-state index contributed by atoms with van der Waals surface area (Å²) in [6.07, 6.45) is 0. The van der Waals surface area contributed by atoms with Gasteiger partial charge in [-0.3, -0.25) is 4.79 Å². The molecule has 0 aliphatic heterocycles. The Morgan fingerprint density at radius 3 is 2.10 bits per heavy atom. The average Bonchev–Trinajstić information content (AvgIpc) is 2.53. The van der Waals surface area contributed by atoms with Gasteiger partial charge < -0.3 is 5.11 Å². The summed E-state index contributed by atoms with van der Waals surface area (Å²) in [5.74, 6) is -1.39. The molecule has 21 heavy (non-hydrogen) atoms. The van der Waals surface area contributed by atoms with Crippen molar-refractivity contribution in [1.82, 2.24) is 0 Å². The lowest BCUT2D eigenvalue weighted by Gasteiger charge is -2.04. The number of carbonyl (C=O) groups is 1. The molecule has 1 N–H and O–H groups in total. The van der Waals surface area contributed by atoms with Crippen molar-refractivity contribution in [2.24, 2.45) is 0 Å². The van der Waals surface area contributed by atoms with Crippen LogP contribution in [0.25, 0.3) is 21.5 Å². The van der Waals surface area contributed by atoms with Crippen molar-refractivity contribution in [3.63, 3.8) is 0 Å². The first kappa shape index (κ1) is 14.0. The van der Waals surface area contributed by atoms with E-state index in [0.29, 0.717) is 5.56 Å². The van der Waals surface area contributed by atoms with Crippen molar-refractivity contribution in [1.29, 1.82) is 5.26 Å². The van der Waals surface area contributed by atoms with Crippen LogP contribution in [0.2, 0.25) is 0 Å². The number of nitrogens with zero attached hydrogens (tertiary/aromatic N) is 2. The van der Waals surface area contributed by atoms with Crippen molar-refractivity contribution >= 4 is 11.5 Å². The summed E-state index contributed by atoms with van der Waals surface area (Å²) >= 11 is 0. The van der Waals surface area contributed by atoms with Crippen LogP contribution in [0.5, 0.6) is 0 Å². The normalized spacial score (nSPS) is 11.0. The fourth-order valence-corrected chi connectivity index (χ4v) is 1.92. The Morgan fingerprint density at radius 1 is 1.05 bits per heavy atom. The lowest BCUT2D eigenvalue weighted by Crippen LogP contribution is -2.00. The van der Waals surface area contributed by atoms with E-state index in [9.17, 15) is 4.79 Å². The Labute approximate surface area is 122 Å².